The molecule has 1 aliphatic heterocycles. The molecule has 3 unspecified atom stereocenters. The Morgan fingerprint density at radius 3 is 3.10 bits per heavy atom. The summed E-state index contributed by atoms with van der Waals surface area (Å²) in [6.07, 6.45) is -1.23. The number of rotatable bonds is 4. The summed E-state index contributed by atoms with van der Waals surface area (Å²) >= 11 is 1.68. The fourth-order valence-electron chi connectivity index (χ4n) is 2.42. The zero-order valence-electron chi connectivity index (χ0n) is 11.2. The van der Waals surface area contributed by atoms with E-state index in [0.717, 1.165) is 22.5 Å². The van der Waals surface area contributed by atoms with Crippen molar-refractivity contribution in [3.8, 4) is 0 Å². The third-order valence-electron chi connectivity index (χ3n) is 3.58. The second-order valence-electron chi connectivity index (χ2n) is 4.96. The molecule has 0 amide bonds. The van der Waals surface area contributed by atoms with Crippen molar-refractivity contribution < 1.29 is 14.2 Å². The topological polar surface area (TPSA) is 54.4 Å². The molecule has 0 aromatic carbocycles. The minimum Gasteiger partial charge on any atom is -0.387 e. The van der Waals surface area contributed by atoms with Gasteiger partial charge < -0.3 is 15.2 Å². The maximum absolute atomic E-state index is 13.2. The maximum atomic E-state index is 13.2. The number of aliphatic hydroxyl groups is 1. The van der Waals surface area contributed by atoms with Crippen molar-refractivity contribution >= 4 is 27.4 Å². The average Bonchev–Trinajstić information content (AvgIpc) is 3.00. The van der Waals surface area contributed by atoms with Gasteiger partial charge in [0, 0.05) is 11.9 Å². The van der Waals surface area contributed by atoms with Crippen molar-refractivity contribution in [2.45, 2.75) is 31.2 Å². The summed E-state index contributed by atoms with van der Waals surface area (Å²) in [6.45, 7) is 0.00529. The zero-order valence-corrected chi connectivity index (χ0v) is 12.0. The summed E-state index contributed by atoms with van der Waals surface area (Å²) in [4.78, 5) is 5.66. The highest BCUT2D eigenvalue weighted by atomic mass is 32.1. The number of pyridine rings is 1. The van der Waals surface area contributed by atoms with Crippen LogP contribution in [0.1, 0.15) is 11.3 Å². The van der Waals surface area contributed by atoms with Crippen molar-refractivity contribution in [1.82, 2.24) is 4.98 Å². The van der Waals surface area contributed by atoms with Gasteiger partial charge in [0.25, 0.3) is 0 Å². The van der Waals surface area contributed by atoms with E-state index in [4.69, 9.17) is 4.74 Å². The van der Waals surface area contributed by atoms with Crippen LogP contribution in [0, 0.1) is 0 Å². The highest BCUT2D eigenvalue weighted by Crippen LogP contribution is 2.28. The molecule has 0 spiro atoms. The second kappa shape index (κ2) is 5.63. The Bertz CT molecular complexity index is 604. The van der Waals surface area contributed by atoms with Gasteiger partial charge in [-0.2, -0.15) is 0 Å². The molecule has 3 atom stereocenters. The van der Waals surface area contributed by atoms with Gasteiger partial charge in [0.2, 0.25) is 0 Å². The van der Waals surface area contributed by atoms with Crippen molar-refractivity contribution in [2.24, 2.45) is 0 Å². The Morgan fingerprint density at radius 1 is 1.55 bits per heavy atom. The number of nitrogens with one attached hydrogen (secondary N) is 1. The van der Waals surface area contributed by atoms with Crippen LogP contribution in [-0.4, -0.2) is 42.1 Å². The van der Waals surface area contributed by atoms with Crippen LogP contribution in [0.2, 0.25) is 0 Å². The number of halogens is 1. The number of thiophene rings is 1. The number of hydrogen-bond donors (Lipinski definition) is 2. The van der Waals surface area contributed by atoms with Gasteiger partial charge in [0.05, 0.1) is 22.9 Å². The summed E-state index contributed by atoms with van der Waals surface area (Å²) in [5.74, 6) is 0.844. The van der Waals surface area contributed by atoms with Crippen molar-refractivity contribution in [2.75, 3.05) is 19.0 Å². The molecule has 0 bridgehead atoms. The van der Waals surface area contributed by atoms with Gasteiger partial charge in [-0.1, -0.05) is 0 Å². The first kappa shape index (κ1) is 13.7. The van der Waals surface area contributed by atoms with Crippen LogP contribution >= 0.6 is 11.3 Å². The number of nitrogens with zero attached hydrogens (tertiary/aromatic N) is 1. The number of ether oxygens (including phenoxy) is 1. The molecule has 0 radical (unpaired) electrons. The third kappa shape index (κ3) is 2.63. The first-order chi connectivity index (χ1) is 9.67. The fourth-order valence-corrected chi connectivity index (χ4v) is 3.44. The maximum Gasteiger partial charge on any atom is 0.152 e. The molecule has 6 heteroatoms. The molecule has 0 saturated carbocycles. The van der Waals surface area contributed by atoms with Crippen LogP contribution in [0.3, 0.4) is 0 Å². The van der Waals surface area contributed by atoms with Gasteiger partial charge >= 0.3 is 0 Å². The summed E-state index contributed by atoms with van der Waals surface area (Å²) in [7, 11) is 1.84. The Labute approximate surface area is 120 Å². The van der Waals surface area contributed by atoms with Gasteiger partial charge in [-0.05, 0) is 31.0 Å². The lowest BCUT2D eigenvalue weighted by atomic mass is 10.1. The van der Waals surface area contributed by atoms with E-state index in [-0.39, 0.29) is 6.61 Å². The Hall–Kier alpha value is -1.24. The standard InChI is InChI=1S/C14H17FN2O2S/c1-16-13-5-4-12-10(17-13)6-8(20-12)2-3-11-14(18)9(15)7-19-11/h4-6,9,11,14,18H,2-3,7H2,1H3,(H,16,17). The zero-order chi connectivity index (χ0) is 14.1. The van der Waals surface area contributed by atoms with Crippen molar-refractivity contribution in [3.05, 3.63) is 23.1 Å². The predicted octanol–water partition coefficient (Wildman–Crippen LogP) is 2.37. The molecule has 1 fully saturated rings. The molecule has 3 rings (SSSR count). The molecule has 0 aliphatic carbocycles. The molecule has 2 N–H and O–H groups in total. The minimum atomic E-state index is -1.25. The van der Waals surface area contributed by atoms with E-state index in [1.165, 1.54) is 4.88 Å². The van der Waals surface area contributed by atoms with E-state index in [1.807, 2.05) is 19.2 Å². The van der Waals surface area contributed by atoms with E-state index >= 15 is 0 Å². The van der Waals surface area contributed by atoms with Crippen LogP contribution in [0.5, 0.6) is 0 Å². The van der Waals surface area contributed by atoms with Crippen LogP contribution in [-0.2, 0) is 11.2 Å². The summed E-state index contributed by atoms with van der Waals surface area (Å²) in [6, 6.07) is 6.04. The van der Waals surface area contributed by atoms with Crippen LogP contribution in [0.4, 0.5) is 10.2 Å². The summed E-state index contributed by atoms with van der Waals surface area (Å²) in [5.41, 5.74) is 0.966. The smallest absolute Gasteiger partial charge is 0.152 e. The number of aromatic nitrogens is 1. The van der Waals surface area contributed by atoms with Crippen molar-refractivity contribution in [1.29, 1.82) is 0 Å². The van der Waals surface area contributed by atoms with E-state index < -0.39 is 18.4 Å². The predicted molar refractivity (Wildman–Crippen MR) is 78.1 cm³/mol. The Kier molecular flexibility index (Phi) is 3.87. The fraction of sp³-hybridized carbons (Fsp3) is 0.500. The molecule has 2 aromatic heterocycles. The van der Waals surface area contributed by atoms with E-state index in [9.17, 15) is 9.50 Å². The molecular weight excluding hydrogens is 279 g/mol. The summed E-state index contributed by atoms with van der Waals surface area (Å²) in [5, 5.41) is 12.6. The van der Waals surface area contributed by atoms with Gasteiger partial charge in [-0.25, -0.2) is 9.37 Å². The number of aryl methyl sites for hydroxylation is 1. The SMILES string of the molecule is CNc1ccc2sc(CCC3OCC(F)C3O)cc2n1. The van der Waals surface area contributed by atoms with Gasteiger partial charge in [-0.3, -0.25) is 0 Å². The van der Waals surface area contributed by atoms with E-state index in [2.05, 4.69) is 16.4 Å². The number of alkyl halides is 1. The van der Waals surface area contributed by atoms with Crippen molar-refractivity contribution in [3.63, 3.8) is 0 Å². The normalized spacial score (nSPS) is 26.2. The first-order valence-electron chi connectivity index (χ1n) is 6.68. The Balaban J connectivity index is 1.68. The summed E-state index contributed by atoms with van der Waals surface area (Å²) < 4.78 is 19.6. The first-order valence-corrected chi connectivity index (χ1v) is 7.50. The molecule has 3 heterocycles. The lowest BCUT2D eigenvalue weighted by Crippen LogP contribution is -2.27. The number of anilines is 1. The van der Waals surface area contributed by atoms with E-state index in [0.29, 0.717) is 6.42 Å². The van der Waals surface area contributed by atoms with E-state index in [1.54, 1.807) is 11.3 Å². The Morgan fingerprint density at radius 2 is 2.40 bits per heavy atom. The minimum absolute atomic E-state index is 0.00529. The molecule has 2 aromatic rings. The largest absolute Gasteiger partial charge is 0.387 e. The molecule has 20 heavy (non-hydrogen) atoms. The highest BCUT2D eigenvalue weighted by Gasteiger charge is 2.35. The number of fused-ring (bicyclic) bond motifs is 1. The second-order valence-corrected chi connectivity index (χ2v) is 6.13. The quantitative estimate of drug-likeness (QED) is 0.909. The van der Waals surface area contributed by atoms with Gasteiger partial charge in [0.15, 0.2) is 6.17 Å². The van der Waals surface area contributed by atoms with Crippen LogP contribution in [0.25, 0.3) is 10.2 Å². The van der Waals surface area contributed by atoms with Gasteiger partial charge in [0.1, 0.15) is 11.9 Å². The molecule has 4 nitrogen and oxygen atoms in total. The third-order valence-corrected chi connectivity index (χ3v) is 4.73. The molecule has 108 valence electrons. The molecule has 1 saturated heterocycles. The van der Waals surface area contributed by atoms with Gasteiger partial charge in [-0.15, -0.1) is 11.3 Å². The molecule has 1 aliphatic rings. The highest BCUT2D eigenvalue weighted by molar-refractivity contribution is 7.19. The lowest BCUT2D eigenvalue weighted by Gasteiger charge is -2.12. The number of aliphatic hydroxyl groups excluding tert-OH is 1. The van der Waals surface area contributed by atoms with Crippen LogP contribution in [0.15, 0.2) is 18.2 Å². The average molecular weight is 296 g/mol. The van der Waals surface area contributed by atoms with Crippen LogP contribution < -0.4 is 5.32 Å². The number of hydrogen-bond acceptors (Lipinski definition) is 5. The lowest BCUT2D eigenvalue weighted by molar-refractivity contribution is 0.0316. The molecular formula is C14H17FN2O2S. The monoisotopic (exact) mass is 296 g/mol.